The van der Waals surface area contributed by atoms with Crippen LogP contribution in [0, 0.1) is 29.1 Å². The highest BCUT2D eigenvalue weighted by Crippen LogP contribution is 2.76. The molecule has 6 rings (SSSR count). The van der Waals surface area contributed by atoms with Crippen molar-refractivity contribution in [1.29, 1.82) is 0 Å². The molecule has 2 aromatic rings. The second-order valence-electron chi connectivity index (χ2n) is 14.5. The fraction of sp³-hybridized carbons (Fsp3) is 0.462. The maximum Gasteiger partial charge on any atom is 0.310 e. The highest BCUT2D eigenvalue weighted by atomic mass is 35.5. The van der Waals surface area contributed by atoms with E-state index in [0.717, 1.165) is 5.56 Å². The Morgan fingerprint density at radius 1 is 1.04 bits per heavy atom. The van der Waals surface area contributed by atoms with E-state index in [0.29, 0.717) is 40.5 Å². The first-order valence-corrected chi connectivity index (χ1v) is 16.9. The number of hydrogen-bond acceptors (Lipinski definition) is 8. The SMILES string of the molecule is C=CCOc1ccc(CC(=O)OCC2=C[C@H]3[C@@H]4C(C)(C)[C@]4(OC(=O)Cc4ccccc4)C[C@@H](C)[C@]3(O)[C@@H]3C=C(C)C(=O)[C@@]3(O)C2)cc1Cl. The molecule has 2 aromatic carbocycles. The Labute approximate surface area is 286 Å². The second kappa shape index (κ2) is 12.3. The van der Waals surface area contributed by atoms with E-state index in [1.807, 2.05) is 57.2 Å². The molecule has 0 saturated heterocycles. The number of esters is 2. The highest BCUT2D eigenvalue weighted by Gasteiger charge is 2.83. The van der Waals surface area contributed by atoms with E-state index in [-0.39, 0.29) is 37.8 Å². The highest BCUT2D eigenvalue weighted by molar-refractivity contribution is 6.32. The van der Waals surface area contributed by atoms with Gasteiger partial charge < -0.3 is 24.4 Å². The summed E-state index contributed by atoms with van der Waals surface area (Å²) in [6, 6.07) is 14.5. The number of Topliss-reactive ketones (excluding diaryl/α,β-unsaturated/α-hetero) is 1. The number of rotatable bonds is 10. The van der Waals surface area contributed by atoms with E-state index in [2.05, 4.69) is 6.58 Å². The van der Waals surface area contributed by atoms with Gasteiger partial charge in [-0.05, 0) is 53.7 Å². The zero-order valence-electron chi connectivity index (χ0n) is 27.8. The number of halogens is 1. The van der Waals surface area contributed by atoms with Crippen LogP contribution in [0.25, 0.3) is 0 Å². The molecule has 0 amide bonds. The topological polar surface area (TPSA) is 119 Å². The zero-order valence-corrected chi connectivity index (χ0v) is 28.6. The van der Waals surface area contributed by atoms with Crippen molar-refractivity contribution in [2.75, 3.05) is 13.2 Å². The first-order chi connectivity index (χ1) is 22.7. The van der Waals surface area contributed by atoms with Crippen molar-refractivity contribution in [3.63, 3.8) is 0 Å². The van der Waals surface area contributed by atoms with Gasteiger partial charge in [0.1, 0.15) is 30.2 Å². The summed E-state index contributed by atoms with van der Waals surface area (Å²) in [4.78, 5) is 39.9. The number of carbonyl (C=O) groups excluding carboxylic acids is 3. The van der Waals surface area contributed by atoms with Gasteiger partial charge in [0.15, 0.2) is 5.78 Å². The van der Waals surface area contributed by atoms with Gasteiger partial charge >= 0.3 is 11.9 Å². The van der Waals surface area contributed by atoms with Gasteiger partial charge in [0, 0.05) is 29.6 Å². The van der Waals surface area contributed by atoms with Crippen LogP contribution in [0.15, 0.2) is 84.5 Å². The summed E-state index contributed by atoms with van der Waals surface area (Å²) in [6.45, 7) is 11.4. The maximum atomic E-state index is 13.5. The molecule has 2 saturated carbocycles. The van der Waals surface area contributed by atoms with Gasteiger partial charge in [-0.25, -0.2) is 0 Å². The Bertz CT molecular complexity index is 1710. The molecular weight excluding hydrogens is 632 g/mol. The lowest BCUT2D eigenvalue weighted by molar-refractivity contribution is -0.186. The summed E-state index contributed by atoms with van der Waals surface area (Å²) >= 11 is 6.33. The van der Waals surface area contributed by atoms with Crippen molar-refractivity contribution in [2.45, 2.75) is 70.2 Å². The van der Waals surface area contributed by atoms with E-state index < -0.39 is 51.7 Å². The van der Waals surface area contributed by atoms with Crippen molar-refractivity contribution in [2.24, 2.45) is 29.1 Å². The van der Waals surface area contributed by atoms with E-state index in [9.17, 15) is 24.6 Å². The van der Waals surface area contributed by atoms with Crippen molar-refractivity contribution in [1.82, 2.24) is 0 Å². The van der Waals surface area contributed by atoms with Gasteiger partial charge in [-0.15, -0.1) is 0 Å². The summed E-state index contributed by atoms with van der Waals surface area (Å²) in [6.07, 6.45) is 5.53. The molecule has 254 valence electrons. The standard InChI is InChI=1S/C39H43ClO8/c1-6-14-46-30-13-12-26(17-29(30)40)19-32(41)47-22-27-16-28-34-36(4,5)38(34,48-33(42)18-25-10-8-7-9-11-25)20-24(3)39(28,45)31-15-23(2)35(43)37(31,44)21-27/h6-13,15-17,24,28,31,34,44-45H,1,14,18-22H2,2-5H3/t24-,28+,31-,34-,37-,38+,39-/m1/s1. The van der Waals surface area contributed by atoms with Gasteiger partial charge in [0.2, 0.25) is 0 Å². The summed E-state index contributed by atoms with van der Waals surface area (Å²) in [5.41, 5.74) is -2.38. The molecule has 0 unspecified atom stereocenters. The molecule has 0 bridgehead atoms. The minimum Gasteiger partial charge on any atom is -0.488 e. The molecule has 4 aliphatic carbocycles. The van der Waals surface area contributed by atoms with Crippen LogP contribution in [-0.2, 0) is 36.7 Å². The number of ketones is 1. The number of carbonyl (C=O) groups is 3. The van der Waals surface area contributed by atoms with Crippen molar-refractivity contribution >= 4 is 29.3 Å². The van der Waals surface area contributed by atoms with Gasteiger partial charge in [-0.3, -0.25) is 14.4 Å². The van der Waals surface area contributed by atoms with Crippen LogP contribution in [0.1, 0.15) is 51.7 Å². The molecule has 0 aliphatic heterocycles. The summed E-state index contributed by atoms with van der Waals surface area (Å²) in [7, 11) is 0. The van der Waals surface area contributed by atoms with E-state index in [4.69, 9.17) is 25.8 Å². The Balaban J connectivity index is 1.27. The van der Waals surface area contributed by atoms with Crippen molar-refractivity contribution in [3.8, 4) is 5.75 Å². The Morgan fingerprint density at radius 2 is 1.75 bits per heavy atom. The Kier molecular flexibility index (Phi) is 8.76. The summed E-state index contributed by atoms with van der Waals surface area (Å²) < 4.78 is 17.6. The summed E-state index contributed by atoms with van der Waals surface area (Å²) in [5.74, 6) is -3.06. The third-order valence-electron chi connectivity index (χ3n) is 11.3. The van der Waals surface area contributed by atoms with E-state index in [1.165, 1.54) is 0 Å². The third kappa shape index (κ3) is 5.52. The second-order valence-corrected chi connectivity index (χ2v) is 14.9. The lowest BCUT2D eigenvalue weighted by atomic mass is 9.60. The number of fused-ring (bicyclic) bond motifs is 5. The fourth-order valence-electron chi connectivity index (χ4n) is 8.90. The molecule has 9 heteroatoms. The molecule has 0 heterocycles. The van der Waals surface area contributed by atoms with Crippen LogP contribution in [0.2, 0.25) is 5.02 Å². The molecule has 0 aromatic heterocycles. The van der Waals surface area contributed by atoms with Crippen LogP contribution < -0.4 is 4.74 Å². The Hall–Kier alpha value is -3.72. The molecule has 2 fully saturated rings. The summed E-state index contributed by atoms with van der Waals surface area (Å²) in [5, 5.41) is 25.2. The first kappa shape index (κ1) is 34.2. The predicted molar refractivity (Wildman–Crippen MR) is 180 cm³/mol. The van der Waals surface area contributed by atoms with Crippen LogP contribution in [-0.4, -0.2) is 58.0 Å². The lowest BCUT2D eigenvalue weighted by Crippen LogP contribution is -2.61. The largest absolute Gasteiger partial charge is 0.488 e. The molecule has 0 radical (unpaired) electrons. The number of aliphatic hydroxyl groups is 2. The number of benzene rings is 2. The monoisotopic (exact) mass is 674 g/mol. The molecule has 7 atom stereocenters. The van der Waals surface area contributed by atoms with Crippen molar-refractivity contribution < 1.29 is 38.8 Å². The fourth-order valence-corrected chi connectivity index (χ4v) is 9.16. The molecule has 0 spiro atoms. The quantitative estimate of drug-likeness (QED) is 0.241. The van der Waals surface area contributed by atoms with Gasteiger partial charge in [0.25, 0.3) is 0 Å². The average molecular weight is 675 g/mol. The van der Waals surface area contributed by atoms with Crippen LogP contribution in [0.3, 0.4) is 0 Å². The van der Waals surface area contributed by atoms with Gasteiger partial charge in [-0.1, -0.05) is 93.6 Å². The van der Waals surface area contributed by atoms with Gasteiger partial charge in [0.05, 0.1) is 23.5 Å². The minimum atomic E-state index is -1.90. The lowest BCUT2D eigenvalue weighted by Gasteiger charge is -2.50. The zero-order chi connectivity index (χ0) is 34.6. The molecule has 48 heavy (non-hydrogen) atoms. The predicted octanol–water partition coefficient (Wildman–Crippen LogP) is 5.76. The average Bonchev–Trinajstić information content (AvgIpc) is 3.43. The van der Waals surface area contributed by atoms with E-state index >= 15 is 0 Å². The Morgan fingerprint density at radius 3 is 2.44 bits per heavy atom. The number of ether oxygens (including phenoxy) is 3. The smallest absolute Gasteiger partial charge is 0.310 e. The van der Waals surface area contributed by atoms with Gasteiger partial charge in [-0.2, -0.15) is 0 Å². The minimum absolute atomic E-state index is 0.0538. The molecule has 8 nitrogen and oxygen atoms in total. The van der Waals surface area contributed by atoms with Crippen molar-refractivity contribution in [3.05, 3.63) is 101 Å². The normalized spacial score (nSPS) is 32.8. The van der Waals surface area contributed by atoms with E-state index in [1.54, 1.807) is 37.3 Å². The third-order valence-corrected chi connectivity index (χ3v) is 11.6. The first-order valence-electron chi connectivity index (χ1n) is 16.5. The molecular formula is C39H43ClO8. The molecule has 4 aliphatic rings. The van der Waals surface area contributed by atoms with Crippen LogP contribution in [0.5, 0.6) is 5.75 Å². The maximum absolute atomic E-state index is 13.5. The molecule has 2 N–H and O–H groups in total. The number of hydrogen-bond donors (Lipinski definition) is 2. The van der Waals surface area contributed by atoms with Crippen LogP contribution in [0.4, 0.5) is 0 Å². The van der Waals surface area contributed by atoms with Crippen LogP contribution >= 0.6 is 11.6 Å².